The van der Waals surface area contributed by atoms with E-state index in [0.717, 1.165) is 29.9 Å². The molecule has 0 aliphatic rings. The summed E-state index contributed by atoms with van der Waals surface area (Å²) in [4.78, 5) is 7.59. The van der Waals surface area contributed by atoms with Gasteiger partial charge in [-0.1, -0.05) is 12.1 Å². The van der Waals surface area contributed by atoms with Gasteiger partial charge in [0.25, 0.3) is 0 Å². The first-order valence-electron chi connectivity index (χ1n) is 5.99. The van der Waals surface area contributed by atoms with Crippen molar-refractivity contribution < 1.29 is 0 Å². The number of rotatable bonds is 4. The zero-order valence-electron chi connectivity index (χ0n) is 10.4. The highest BCUT2D eigenvalue weighted by atomic mass is 14.9. The molecule has 1 aromatic carbocycles. The maximum absolute atomic E-state index is 8.87. The Morgan fingerprint density at radius 1 is 1.50 bits per heavy atom. The molecule has 0 bridgehead atoms. The van der Waals surface area contributed by atoms with Gasteiger partial charge < -0.3 is 10.7 Å². The number of nitrogens with two attached hydrogens (primary N) is 1. The zero-order chi connectivity index (χ0) is 13.0. The van der Waals surface area contributed by atoms with Gasteiger partial charge >= 0.3 is 0 Å². The Hall–Kier alpha value is -2.12. The zero-order valence-corrected chi connectivity index (χ0v) is 10.4. The smallest absolute Gasteiger partial charge is 0.106 e. The van der Waals surface area contributed by atoms with E-state index >= 15 is 0 Å². The normalized spacial score (nSPS) is 12.1. The standard InChI is InChI=1S/C14H16N4/c1-10(16)5-6-14-17-9-13(18-14)12-4-2-3-11(7-12)8-15/h2-4,7,9-10H,5-6,16H2,1H3,(H,17,18). The summed E-state index contributed by atoms with van der Waals surface area (Å²) < 4.78 is 0. The van der Waals surface area contributed by atoms with Crippen LogP contribution in [0.2, 0.25) is 0 Å². The summed E-state index contributed by atoms with van der Waals surface area (Å²) >= 11 is 0. The van der Waals surface area contributed by atoms with Crippen LogP contribution in [0.3, 0.4) is 0 Å². The number of aryl methyl sites for hydroxylation is 1. The number of benzene rings is 1. The lowest BCUT2D eigenvalue weighted by molar-refractivity contribution is 0.652. The summed E-state index contributed by atoms with van der Waals surface area (Å²) in [5.41, 5.74) is 8.29. The molecule has 18 heavy (non-hydrogen) atoms. The molecule has 0 fully saturated rings. The molecule has 1 atom stereocenters. The molecule has 0 radical (unpaired) electrons. The second kappa shape index (κ2) is 5.48. The number of H-pyrrole nitrogens is 1. The molecule has 2 aromatic rings. The number of hydrogen-bond acceptors (Lipinski definition) is 3. The van der Waals surface area contributed by atoms with Crippen molar-refractivity contribution in [2.75, 3.05) is 0 Å². The third-order valence-corrected chi connectivity index (χ3v) is 2.77. The van der Waals surface area contributed by atoms with E-state index in [9.17, 15) is 0 Å². The van der Waals surface area contributed by atoms with Crippen LogP contribution < -0.4 is 5.73 Å². The fraction of sp³-hybridized carbons (Fsp3) is 0.286. The lowest BCUT2D eigenvalue weighted by atomic mass is 10.1. The number of nitriles is 1. The van der Waals surface area contributed by atoms with Crippen LogP contribution in [0, 0.1) is 11.3 Å². The molecule has 0 spiro atoms. The fourth-order valence-corrected chi connectivity index (χ4v) is 1.76. The van der Waals surface area contributed by atoms with Crippen molar-refractivity contribution >= 4 is 0 Å². The van der Waals surface area contributed by atoms with Crippen molar-refractivity contribution in [1.29, 1.82) is 5.26 Å². The molecule has 0 aliphatic heterocycles. The molecule has 0 saturated heterocycles. The molecule has 1 unspecified atom stereocenters. The average molecular weight is 240 g/mol. The second-order valence-electron chi connectivity index (χ2n) is 4.45. The quantitative estimate of drug-likeness (QED) is 0.860. The van der Waals surface area contributed by atoms with Crippen LogP contribution in [-0.2, 0) is 6.42 Å². The van der Waals surface area contributed by atoms with Crippen LogP contribution in [0.5, 0.6) is 0 Å². The summed E-state index contributed by atoms with van der Waals surface area (Å²) in [6.45, 7) is 1.99. The lowest BCUT2D eigenvalue weighted by Gasteiger charge is -2.01. The van der Waals surface area contributed by atoms with Gasteiger partial charge in [-0.05, 0) is 25.5 Å². The minimum Gasteiger partial charge on any atom is -0.342 e. The largest absolute Gasteiger partial charge is 0.342 e. The summed E-state index contributed by atoms with van der Waals surface area (Å²) in [6, 6.07) is 9.79. The first-order chi connectivity index (χ1) is 8.69. The van der Waals surface area contributed by atoms with E-state index in [1.54, 1.807) is 12.3 Å². The number of aromatic amines is 1. The monoisotopic (exact) mass is 240 g/mol. The highest BCUT2D eigenvalue weighted by Crippen LogP contribution is 2.18. The first kappa shape index (κ1) is 12.3. The SMILES string of the molecule is CC(N)CCc1ncc(-c2cccc(C#N)c2)[nH]1. The number of hydrogen-bond donors (Lipinski definition) is 2. The van der Waals surface area contributed by atoms with E-state index in [1.165, 1.54) is 0 Å². The summed E-state index contributed by atoms with van der Waals surface area (Å²) in [5.74, 6) is 0.935. The van der Waals surface area contributed by atoms with E-state index in [4.69, 9.17) is 11.0 Å². The van der Waals surface area contributed by atoms with Gasteiger partial charge in [0, 0.05) is 18.0 Å². The summed E-state index contributed by atoms with van der Waals surface area (Å²) in [7, 11) is 0. The Morgan fingerprint density at radius 2 is 2.33 bits per heavy atom. The molecule has 1 aromatic heterocycles. The highest BCUT2D eigenvalue weighted by Gasteiger charge is 2.05. The molecule has 4 heteroatoms. The number of imidazole rings is 1. The van der Waals surface area contributed by atoms with Gasteiger partial charge in [0.2, 0.25) is 0 Å². The van der Waals surface area contributed by atoms with Gasteiger partial charge in [0.15, 0.2) is 0 Å². The Bertz CT molecular complexity index is 563. The third kappa shape index (κ3) is 2.96. The van der Waals surface area contributed by atoms with Gasteiger partial charge in [0.1, 0.15) is 5.82 Å². The van der Waals surface area contributed by atoms with Crippen LogP contribution in [0.15, 0.2) is 30.5 Å². The highest BCUT2D eigenvalue weighted by molar-refractivity contribution is 5.60. The minimum atomic E-state index is 0.181. The van der Waals surface area contributed by atoms with E-state index in [-0.39, 0.29) is 6.04 Å². The van der Waals surface area contributed by atoms with Crippen LogP contribution in [0.4, 0.5) is 0 Å². The van der Waals surface area contributed by atoms with Crippen molar-refractivity contribution in [1.82, 2.24) is 9.97 Å². The molecule has 4 nitrogen and oxygen atoms in total. The minimum absolute atomic E-state index is 0.181. The third-order valence-electron chi connectivity index (χ3n) is 2.77. The number of nitrogens with zero attached hydrogens (tertiary/aromatic N) is 2. The van der Waals surface area contributed by atoms with Crippen molar-refractivity contribution in [3.05, 3.63) is 41.9 Å². The summed E-state index contributed by atoms with van der Waals surface area (Å²) in [5, 5.41) is 8.87. The van der Waals surface area contributed by atoms with Gasteiger partial charge in [-0.3, -0.25) is 0 Å². The van der Waals surface area contributed by atoms with Crippen LogP contribution in [0.25, 0.3) is 11.3 Å². The van der Waals surface area contributed by atoms with Crippen LogP contribution >= 0.6 is 0 Å². The van der Waals surface area contributed by atoms with Crippen molar-refractivity contribution in [2.45, 2.75) is 25.8 Å². The Morgan fingerprint density at radius 3 is 3.06 bits per heavy atom. The molecule has 3 N–H and O–H groups in total. The molecule has 1 heterocycles. The van der Waals surface area contributed by atoms with Crippen LogP contribution in [0.1, 0.15) is 24.7 Å². The molecule has 2 rings (SSSR count). The Labute approximate surface area is 106 Å². The molecule has 0 amide bonds. The fourth-order valence-electron chi connectivity index (χ4n) is 1.76. The lowest BCUT2D eigenvalue weighted by Crippen LogP contribution is -2.15. The van der Waals surface area contributed by atoms with Gasteiger partial charge in [0.05, 0.1) is 23.5 Å². The van der Waals surface area contributed by atoms with Crippen LogP contribution in [-0.4, -0.2) is 16.0 Å². The predicted octanol–water partition coefficient (Wildman–Crippen LogP) is 2.23. The van der Waals surface area contributed by atoms with Gasteiger partial charge in [-0.15, -0.1) is 0 Å². The van der Waals surface area contributed by atoms with Crippen molar-refractivity contribution in [3.8, 4) is 17.3 Å². The topological polar surface area (TPSA) is 78.5 Å². The molecule has 92 valence electrons. The number of aromatic nitrogens is 2. The van der Waals surface area contributed by atoms with E-state index in [1.807, 2.05) is 25.1 Å². The van der Waals surface area contributed by atoms with Crippen molar-refractivity contribution in [2.24, 2.45) is 5.73 Å². The van der Waals surface area contributed by atoms with Gasteiger partial charge in [-0.2, -0.15) is 5.26 Å². The van der Waals surface area contributed by atoms with Crippen molar-refractivity contribution in [3.63, 3.8) is 0 Å². The Kier molecular flexibility index (Phi) is 3.75. The van der Waals surface area contributed by atoms with E-state index < -0.39 is 0 Å². The second-order valence-corrected chi connectivity index (χ2v) is 4.45. The average Bonchev–Trinajstić information content (AvgIpc) is 2.85. The maximum atomic E-state index is 8.87. The number of nitrogens with one attached hydrogen (secondary N) is 1. The molecule has 0 saturated carbocycles. The first-order valence-corrected chi connectivity index (χ1v) is 5.99. The Balaban J connectivity index is 2.16. The van der Waals surface area contributed by atoms with E-state index in [2.05, 4.69) is 16.0 Å². The van der Waals surface area contributed by atoms with Gasteiger partial charge in [-0.25, -0.2) is 4.98 Å². The molecular formula is C14H16N4. The van der Waals surface area contributed by atoms with E-state index in [0.29, 0.717) is 5.56 Å². The summed E-state index contributed by atoms with van der Waals surface area (Å²) in [6.07, 6.45) is 3.55. The predicted molar refractivity (Wildman–Crippen MR) is 70.7 cm³/mol. The molecular weight excluding hydrogens is 224 g/mol. The maximum Gasteiger partial charge on any atom is 0.106 e. The molecule has 0 aliphatic carbocycles.